The monoisotopic (exact) mass is 166 g/mol. The first kappa shape index (κ1) is 8.90. The van der Waals surface area contributed by atoms with E-state index in [9.17, 15) is 0 Å². The molecule has 1 atom stereocenters. The number of allylic oxidation sites excluding steroid dienone is 1. The summed E-state index contributed by atoms with van der Waals surface area (Å²) in [4.78, 5) is 0. The van der Waals surface area contributed by atoms with Crippen molar-refractivity contribution in [3.63, 3.8) is 0 Å². The van der Waals surface area contributed by atoms with E-state index in [4.69, 9.17) is 0 Å². The molecule has 1 N–H and O–H groups in total. The highest BCUT2D eigenvalue weighted by Crippen LogP contribution is 2.15. The van der Waals surface area contributed by atoms with Crippen LogP contribution in [-0.2, 0) is 6.42 Å². The van der Waals surface area contributed by atoms with Crippen LogP contribution in [0, 0.1) is 11.8 Å². The lowest BCUT2D eigenvalue weighted by atomic mass is 9.93. The number of nitrogens with one attached hydrogen (secondary N) is 1. The summed E-state index contributed by atoms with van der Waals surface area (Å²) in [5.74, 6) is 1.76. The first-order valence-corrected chi connectivity index (χ1v) is 4.09. The van der Waals surface area contributed by atoms with Crippen LogP contribution < -0.4 is 0 Å². The second kappa shape index (κ2) is 3.99. The Morgan fingerprint density at radius 3 is 2.75 bits per heavy atom. The van der Waals surface area contributed by atoms with Crippen LogP contribution in [0.4, 0.5) is 0 Å². The van der Waals surface area contributed by atoms with E-state index < -0.39 is 0 Å². The van der Waals surface area contributed by atoms with Gasteiger partial charge in [-0.15, -0.1) is 16.8 Å². The van der Waals surface area contributed by atoms with Crippen molar-refractivity contribution in [2.45, 2.75) is 20.3 Å². The highest BCUT2D eigenvalue weighted by atomic mass is 15.5. The molecule has 0 aromatic carbocycles. The molecule has 4 heteroatoms. The summed E-state index contributed by atoms with van der Waals surface area (Å²) < 4.78 is 0. The highest BCUT2D eigenvalue weighted by Gasteiger charge is 2.12. The van der Waals surface area contributed by atoms with E-state index in [0.29, 0.717) is 11.8 Å². The minimum atomic E-state index is 0.433. The molecule has 0 saturated heterocycles. The molecule has 0 radical (unpaired) electrons. The van der Waals surface area contributed by atoms with Crippen molar-refractivity contribution in [3.05, 3.63) is 18.5 Å². The van der Waals surface area contributed by atoms with Gasteiger partial charge in [0.05, 0.1) is 0 Å². The molecule has 0 aliphatic heterocycles. The maximum atomic E-state index is 3.89. The first-order chi connectivity index (χ1) is 5.74. The van der Waals surface area contributed by atoms with E-state index in [1.807, 2.05) is 6.08 Å². The van der Waals surface area contributed by atoms with Crippen molar-refractivity contribution in [1.29, 1.82) is 0 Å². The maximum absolute atomic E-state index is 3.89. The summed E-state index contributed by atoms with van der Waals surface area (Å²) in [7, 11) is 0. The van der Waals surface area contributed by atoms with Gasteiger partial charge in [0.25, 0.3) is 0 Å². The number of H-pyrrole nitrogens is 1. The molecule has 1 aromatic heterocycles. The molecule has 0 saturated carbocycles. The van der Waals surface area contributed by atoms with Crippen molar-refractivity contribution in [3.8, 4) is 0 Å². The van der Waals surface area contributed by atoms with Crippen LogP contribution in [0.1, 0.15) is 19.7 Å². The smallest absolute Gasteiger partial charge is 0.175 e. The summed E-state index contributed by atoms with van der Waals surface area (Å²) >= 11 is 0. The van der Waals surface area contributed by atoms with Crippen molar-refractivity contribution in [2.75, 3.05) is 0 Å². The van der Waals surface area contributed by atoms with E-state index in [0.717, 1.165) is 12.2 Å². The van der Waals surface area contributed by atoms with Crippen LogP contribution in [0.5, 0.6) is 0 Å². The average Bonchev–Trinajstić information content (AvgIpc) is 2.51. The van der Waals surface area contributed by atoms with E-state index in [1.165, 1.54) is 0 Å². The molecule has 1 heterocycles. The van der Waals surface area contributed by atoms with Crippen LogP contribution in [0.25, 0.3) is 0 Å². The Bertz CT molecular complexity index is 227. The van der Waals surface area contributed by atoms with Crippen LogP contribution in [-0.4, -0.2) is 20.6 Å². The minimum absolute atomic E-state index is 0.433. The van der Waals surface area contributed by atoms with Crippen LogP contribution in [0.2, 0.25) is 0 Å². The van der Waals surface area contributed by atoms with E-state index in [1.54, 1.807) is 0 Å². The molecule has 1 unspecified atom stereocenters. The number of aromatic nitrogens is 4. The Kier molecular flexibility index (Phi) is 2.96. The molecule has 0 spiro atoms. The van der Waals surface area contributed by atoms with Crippen LogP contribution in [0.15, 0.2) is 12.7 Å². The SMILES string of the molecule is C=CC(Cc1nn[nH]n1)C(C)C. The van der Waals surface area contributed by atoms with Crippen molar-refractivity contribution in [2.24, 2.45) is 11.8 Å². The predicted octanol–water partition coefficient (Wildman–Crippen LogP) is 1.20. The quantitative estimate of drug-likeness (QED) is 0.684. The number of hydrogen-bond donors (Lipinski definition) is 1. The summed E-state index contributed by atoms with van der Waals surface area (Å²) in [5, 5.41) is 13.7. The van der Waals surface area contributed by atoms with Gasteiger partial charge in [0.15, 0.2) is 5.82 Å². The van der Waals surface area contributed by atoms with Gasteiger partial charge in [0.1, 0.15) is 0 Å². The topological polar surface area (TPSA) is 54.5 Å². The van der Waals surface area contributed by atoms with Crippen LogP contribution in [0.3, 0.4) is 0 Å². The van der Waals surface area contributed by atoms with Gasteiger partial charge in [-0.3, -0.25) is 0 Å². The maximum Gasteiger partial charge on any atom is 0.175 e. The summed E-state index contributed by atoms with van der Waals surface area (Å²) in [6.07, 6.45) is 2.76. The number of aromatic amines is 1. The molecule has 1 aromatic rings. The molecule has 0 aliphatic carbocycles. The lowest BCUT2D eigenvalue weighted by Gasteiger charge is -2.13. The Hall–Kier alpha value is -1.19. The van der Waals surface area contributed by atoms with Gasteiger partial charge in [0, 0.05) is 6.42 Å². The molecule has 0 bridgehead atoms. The Morgan fingerprint density at radius 2 is 2.33 bits per heavy atom. The van der Waals surface area contributed by atoms with Crippen molar-refractivity contribution in [1.82, 2.24) is 20.6 Å². The third-order valence-corrected chi connectivity index (χ3v) is 1.97. The molecule has 0 fully saturated rings. The lowest BCUT2D eigenvalue weighted by molar-refractivity contribution is 0.455. The van der Waals surface area contributed by atoms with Gasteiger partial charge in [-0.1, -0.05) is 25.1 Å². The zero-order valence-electron chi connectivity index (χ0n) is 7.49. The molecular weight excluding hydrogens is 152 g/mol. The van der Waals surface area contributed by atoms with E-state index in [2.05, 4.69) is 41.1 Å². The normalized spacial score (nSPS) is 13.2. The second-order valence-electron chi connectivity index (χ2n) is 3.18. The molecule has 0 amide bonds. The Morgan fingerprint density at radius 1 is 1.58 bits per heavy atom. The number of rotatable bonds is 4. The van der Waals surface area contributed by atoms with E-state index in [-0.39, 0.29) is 0 Å². The van der Waals surface area contributed by atoms with Gasteiger partial charge < -0.3 is 0 Å². The average molecular weight is 166 g/mol. The summed E-state index contributed by atoms with van der Waals surface area (Å²) in [6.45, 7) is 8.09. The summed E-state index contributed by atoms with van der Waals surface area (Å²) in [6, 6.07) is 0. The Balaban J connectivity index is 2.54. The van der Waals surface area contributed by atoms with Crippen molar-refractivity contribution < 1.29 is 0 Å². The zero-order valence-corrected chi connectivity index (χ0v) is 7.49. The van der Waals surface area contributed by atoms with Gasteiger partial charge >= 0.3 is 0 Å². The standard InChI is InChI=1S/C8H14N4/c1-4-7(6(2)3)5-8-9-11-12-10-8/h4,6-7H,1,5H2,2-3H3,(H,9,10,11,12). The molecule has 1 rings (SSSR count). The molecule has 12 heavy (non-hydrogen) atoms. The largest absolute Gasteiger partial charge is 0.177 e. The third-order valence-electron chi connectivity index (χ3n) is 1.97. The van der Waals surface area contributed by atoms with Gasteiger partial charge in [-0.2, -0.15) is 5.21 Å². The highest BCUT2D eigenvalue weighted by molar-refractivity contribution is 4.90. The number of nitrogens with zero attached hydrogens (tertiary/aromatic N) is 3. The molecule has 0 aliphatic rings. The number of tetrazole rings is 1. The molecule has 4 nitrogen and oxygen atoms in total. The Labute approximate surface area is 72.1 Å². The lowest BCUT2D eigenvalue weighted by Crippen LogP contribution is -2.09. The first-order valence-electron chi connectivity index (χ1n) is 4.09. The summed E-state index contributed by atoms with van der Waals surface area (Å²) in [5.41, 5.74) is 0. The minimum Gasteiger partial charge on any atom is -0.177 e. The van der Waals surface area contributed by atoms with Gasteiger partial charge in [-0.25, -0.2) is 0 Å². The van der Waals surface area contributed by atoms with Crippen LogP contribution >= 0.6 is 0 Å². The fourth-order valence-corrected chi connectivity index (χ4v) is 1.07. The van der Waals surface area contributed by atoms with Crippen molar-refractivity contribution >= 4 is 0 Å². The van der Waals surface area contributed by atoms with Gasteiger partial charge in [-0.05, 0) is 11.8 Å². The van der Waals surface area contributed by atoms with E-state index >= 15 is 0 Å². The second-order valence-corrected chi connectivity index (χ2v) is 3.18. The third kappa shape index (κ3) is 2.15. The number of hydrogen-bond acceptors (Lipinski definition) is 3. The fraction of sp³-hybridized carbons (Fsp3) is 0.625. The fourth-order valence-electron chi connectivity index (χ4n) is 1.07. The molecular formula is C8H14N4. The van der Waals surface area contributed by atoms with Gasteiger partial charge in [0.2, 0.25) is 0 Å². The molecule has 66 valence electrons. The predicted molar refractivity (Wildman–Crippen MR) is 46.4 cm³/mol. The zero-order chi connectivity index (χ0) is 8.97.